The number of aromatic nitrogens is 2. The molecule has 0 radical (unpaired) electrons. The van der Waals surface area contributed by atoms with Gasteiger partial charge in [-0.1, -0.05) is 21.1 Å². The van der Waals surface area contributed by atoms with Gasteiger partial charge in [0.05, 0.1) is 4.83 Å². The number of amides is 1. The number of nitrogens with zero attached hydrogens (tertiary/aromatic N) is 3. The minimum absolute atomic E-state index is 0.0171. The number of carbonyl (C=O) groups excluding carboxylic acids is 1. The average Bonchev–Trinajstić information content (AvgIpc) is 2.73. The van der Waals surface area contributed by atoms with Crippen molar-refractivity contribution in [3.63, 3.8) is 0 Å². The van der Waals surface area contributed by atoms with Crippen molar-refractivity contribution in [2.75, 3.05) is 13.1 Å². The predicted molar refractivity (Wildman–Crippen MR) is 56.5 cm³/mol. The molecule has 0 spiro atoms. The zero-order valence-electron chi connectivity index (χ0n) is 8.23. The fourth-order valence-corrected chi connectivity index (χ4v) is 2.27. The summed E-state index contributed by atoms with van der Waals surface area (Å²) in [6, 6.07) is 0. The summed E-state index contributed by atoms with van der Waals surface area (Å²) in [5.74, 6) is 0.823. The summed E-state index contributed by atoms with van der Waals surface area (Å²) in [6.07, 6.45) is 3.94. The fourth-order valence-electron chi connectivity index (χ4n) is 1.65. The number of piperidine rings is 1. The topological polar surface area (TPSA) is 59.2 Å². The molecule has 82 valence electrons. The maximum absolute atomic E-state index is 11.7. The van der Waals surface area contributed by atoms with Gasteiger partial charge in [-0.3, -0.25) is 4.79 Å². The molecule has 0 bridgehead atoms. The Hall–Kier alpha value is -0.910. The normalized spacial score (nSPS) is 22.1. The molecule has 1 aromatic rings. The SMILES string of the molecule is O=C1C(Br)CCCN1CCc1ncon1. The highest BCUT2D eigenvalue weighted by atomic mass is 79.9. The first-order chi connectivity index (χ1) is 7.27. The second-order valence-electron chi connectivity index (χ2n) is 3.53. The van der Waals surface area contributed by atoms with Gasteiger partial charge >= 0.3 is 0 Å². The van der Waals surface area contributed by atoms with Crippen LogP contribution in [0.4, 0.5) is 0 Å². The first-order valence-corrected chi connectivity index (χ1v) is 5.87. The lowest BCUT2D eigenvalue weighted by Gasteiger charge is -2.29. The highest BCUT2D eigenvalue weighted by molar-refractivity contribution is 9.10. The molecule has 0 saturated carbocycles. The van der Waals surface area contributed by atoms with Crippen molar-refractivity contribution in [2.45, 2.75) is 24.1 Å². The Bertz CT molecular complexity index is 328. The molecule has 1 saturated heterocycles. The Balaban J connectivity index is 1.86. The van der Waals surface area contributed by atoms with E-state index in [9.17, 15) is 4.79 Å². The van der Waals surface area contributed by atoms with Crippen LogP contribution in [0.2, 0.25) is 0 Å². The smallest absolute Gasteiger partial charge is 0.236 e. The van der Waals surface area contributed by atoms with Gasteiger partial charge in [-0.2, -0.15) is 4.98 Å². The number of hydrogen-bond donors (Lipinski definition) is 0. The molecule has 0 aromatic carbocycles. The summed E-state index contributed by atoms with van der Waals surface area (Å²) >= 11 is 3.37. The highest BCUT2D eigenvalue weighted by Gasteiger charge is 2.26. The minimum atomic E-state index is -0.0171. The third-order valence-corrected chi connectivity index (χ3v) is 3.33. The van der Waals surface area contributed by atoms with Crippen LogP contribution in [-0.2, 0) is 11.2 Å². The second-order valence-corrected chi connectivity index (χ2v) is 4.64. The van der Waals surface area contributed by atoms with Crippen molar-refractivity contribution in [3.8, 4) is 0 Å². The van der Waals surface area contributed by atoms with Crippen LogP contribution < -0.4 is 0 Å². The third-order valence-electron chi connectivity index (χ3n) is 2.48. The molecule has 5 nitrogen and oxygen atoms in total. The molecule has 0 N–H and O–H groups in total. The van der Waals surface area contributed by atoms with Gasteiger partial charge in [-0.05, 0) is 12.8 Å². The van der Waals surface area contributed by atoms with Gasteiger partial charge in [-0.15, -0.1) is 0 Å². The van der Waals surface area contributed by atoms with Crippen molar-refractivity contribution >= 4 is 21.8 Å². The summed E-state index contributed by atoms with van der Waals surface area (Å²) in [7, 11) is 0. The second kappa shape index (κ2) is 4.74. The third kappa shape index (κ3) is 2.56. The van der Waals surface area contributed by atoms with Crippen LogP contribution in [0, 0.1) is 0 Å². The summed E-state index contributed by atoms with van der Waals surface area (Å²) in [5, 5.41) is 3.71. The van der Waals surface area contributed by atoms with Gasteiger partial charge in [0.25, 0.3) is 0 Å². The highest BCUT2D eigenvalue weighted by Crippen LogP contribution is 2.18. The standard InChI is InChI=1S/C9H12BrN3O2/c10-7-2-1-4-13(9(7)14)5-3-8-11-6-15-12-8/h6-7H,1-5H2. The van der Waals surface area contributed by atoms with E-state index in [1.54, 1.807) is 0 Å². The molecule has 0 aliphatic carbocycles. The van der Waals surface area contributed by atoms with E-state index in [2.05, 4.69) is 30.6 Å². The Labute approximate surface area is 96.0 Å². The van der Waals surface area contributed by atoms with Crippen LogP contribution in [0.25, 0.3) is 0 Å². The number of rotatable bonds is 3. The van der Waals surface area contributed by atoms with E-state index in [1.807, 2.05) is 4.90 Å². The molecule has 2 rings (SSSR count). The summed E-state index contributed by atoms with van der Waals surface area (Å²) in [4.78, 5) is 17.4. The predicted octanol–water partition coefficient (Wildman–Crippen LogP) is 0.998. The first-order valence-electron chi connectivity index (χ1n) is 4.95. The minimum Gasteiger partial charge on any atom is -0.343 e. The molecule has 1 unspecified atom stereocenters. The van der Waals surface area contributed by atoms with E-state index in [-0.39, 0.29) is 10.7 Å². The van der Waals surface area contributed by atoms with Crippen LogP contribution in [0.15, 0.2) is 10.9 Å². The van der Waals surface area contributed by atoms with Gasteiger partial charge < -0.3 is 9.42 Å². The fraction of sp³-hybridized carbons (Fsp3) is 0.667. The Morgan fingerprint density at radius 1 is 1.67 bits per heavy atom. The maximum atomic E-state index is 11.7. The van der Waals surface area contributed by atoms with E-state index in [4.69, 9.17) is 0 Å². The molecule has 15 heavy (non-hydrogen) atoms. The zero-order valence-corrected chi connectivity index (χ0v) is 9.81. The van der Waals surface area contributed by atoms with Crippen LogP contribution in [-0.4, -0.2) is 38.9 Å². The van der Waals surface area contributed by atoms with Gasteiger partial charge in [0.2, 0.25) is 12.3 Å². The Morgan fingerprint density at radius 2 is 2.53 bits per heavy atom. The van der Waals surface area contributed by atoms with E-state index in [0.717, 1.165) is 19.4 Å². The van der Waals surface area contributed by atoms with Crippen molar-refractivity contribution in [2.24, 2.45) is 0 Å². The van der Waals surface area contributed by atoms with Crippen LogP contribution in [0.5, 0.6) is 0 Å². The summed E-state index contributed by atoms with van der Waals surface area (Å²) < 4.78 is 4.63. The molecule has 1 aliphatic heterocycles. The Kier molecular flexibility index (Phi) is 3.35. The summed E-state index contributed by atoms with van der Waals surface area (Å²) in [5.41, 5.74) is 0. The van der Waals surface area contributed by atoms with Gasteiger partial charge in [0, 0.05) is 19.5 Å². The van der Waals surface area contributed by atoms with Crippen LogP contribution in [0.3, 0.4) is 0 Å². The Morgan fingerprint density at radius 3 is 3.27 bits per heavy atom. The average molecular weight is 274 g/mol. The van der Waals surface area contributed by atoms with Crippen molar-refractivity contribution in [1.82, 2.24) is 15.0 Å². The van der Waals surface area contributed by atoms with E-state index < -0.39 is 0 Å². The number of carbonyl (C=O) groups is 1. The molecule has 1 aliphatic rings. The quantitative estimate of drug-likeness (QED) is 0.771. The number of hydrogen-bond acceptors (Lipinski definition) is 4. The lowest BCUT2D eigenvalue weighted by atomic mass is 10.1. The molecular formula is C9H12BrN3O2. The van der Waals surface area contributed by atoms with Gasteiger partial charge in [-0.25, -0.2) is 0 Å². The van der Waals surface area contributed by atoms with Gasteiger partial charge in [0.15, 0.2) is 5.82 Å². The van der Waals surface area contributed by atoms with Gasteiger partial charge in [0.1, 0.15) is 0 Å². The molecule has 1 atom stereocenters. The molecular weight excluding hydrogens is 262 g/mol. The van der Waals surface area contributed by atoms with E-state index in [1.165, 1.54) is 6.39 Å². The monoisotopic (exact) mass is 273 g/mol. The van der Waals surface area contributed by atoms with E-state index >= 15 is 0 Å². The first kappa shape index (κ1) is 10.6. The van der Waals surface area contributed by atoms with Crippen molar-refractivity contribution < 1.29 is 9.32 Å². The maximum Gasteiger partial charge on any atom is 0.236 e. The van der Waals surface area contributed by atoms with Crippen LogP contribution >= 0.6 is 15.9 Å². The molecule has 1 fully saturated rings. The number of alkyl halides is 1. The molecule has 2 heterocycles. The largest absolute Gasteiger partial charge is 0.343 e. The van der Waals surface area contributed by atoms with Crippen LogP contribution in [0.1, 0.15) is 18.7 Å². The lowest BCUT2D eigenvalue weighted by Crippen LogP contribution is -2.42. The number of halogens is 1. The molecule has 1 amide bonds. The lowest BCUT2D eigenvalue weighted by molar-refractivity contribution is -0.132. The zero-order chi connectivity index (χ0) is 10.7. The van der Waals surface area contributed by atoms with Crippen molar-refractivity contribution in [1.29, 1.82) is 0 Å². The molecule has 1 aromatic heterocycles. The van der Waals surface area contributed by atoms with Crippen molar-refractivity contribution in [3.05, 3.63) is 12.2 Å². The number of likely N-dealkylation sites (tertiary alicyclic amines) is 1. The van der Waals surface area contributed by atoms with E-state index in [0.29, 0.717) is 18.8 Å². The molecule has 6 heteroatoms. The summed E-state index contributed by atoms with van der Waals surface area (Å²) in [6.45, 7) is 1.50.